The molecule has 0 aromatic heterocycles. The van der Waals surface area contributed by atoms with Crippen molar-refractivity contribution < 1.29 is 4.79 Å². The molecule has 0 radical (unpaired) electrons. The highest BCUT2D eigenvalue weighted by molar-refractivity contribution is 5.50. The maximum absolute atomic E-state index is 10.8. The van der Waals surface area contributed by atoms with E-state index in [0.29, 0.717) is 5.92 Å². The van der Waals surface area contributed by atoms with Crippen molar-refractivity contribution in [2.75, 3.05) is 0 Å². The van der Waals surface area contributed by atoms with E-state index in [4.69, 9.17) is 0 Å². The second-order valence-electron chi connectivity index (χ2n) is 5.57. The van der Waals surface area contributed by atoms with Crippen molar-refractivity contribution in [1.82, 2.24) is 0 Å². The minimum absolute atomic E-state index is 0.694. The van der Waals surface area contributed by atoms with Gasteiger partial charge in [-0.3, -0.25) is 0 Å². The standard InChI is InChI=1S/C15H24O/c1-2-3-6-12-11-13-7-4-5-8-14(13)15(12)9-10-16/h4-5,10,12-15H,2-3,6-9,11H2,1H3/t12-,13+,14+,15+/m0/s1. The number of hydrogen-bond acceptors (Lipinski definition) is 1. The van der Waals surface area contributed by atoms with E-state index < -0.39 is 0 Å². The molecular formula is C15H24O. The van der Waals surface area contributed by atoms with Crippen molar-refractivity contribution in [2.45, 2.75) is 51.9 Å². The summed E-state index contributed by atoms with van der Waals surface area (Å²) in [4.78, 5) is 10.8. The van der Waals surface area contributed by atoms with Crippen LogP contribution in [0.3, 0.4) is 0 Å². The highest BCUT2D eigenvalue weighted by Gasteiger charge is 2.41. The Bertz CT molecular complexity index is 256. The van der Waals surface area contributed by atoms with Gasteiger partial charge in [0.05, 0.1) is 0 Å². The fourth-order valence-electron chi connectivity index (χ4n) is 3.88. The second-order valence-corrected chi connectivity index (χ2v) is 5.57. The molecule has 0 heterocycles. The van der Waals surface area contributed by atoms with E-state index in [1.165, 1.54) is 38.5 Å². The molecule has 0 unspecified atom stereocenters. The number of carbonyl (C=O) groups excluding carboxylic acids is 1. The minimum atomic E-state index is 0.694. The van der Waals surface area contributed by atoms with Gasteiger partial charge in [0.1, 0.15) is 6.29 Å². The predicted molar refractivity (Wildman–Crippen MR) is 67.2 cm³/mol. The van der Waals surface area contributed by atoms with Gasteiger partial charge in [0.15, 0.2) is 0 Å². The quantitative estimate of drug-likeness (QED) is 0.506. The van der Waals surface area contributed by atoms with E-state index in [9.17, 15) is 4.79 Å². The van der Waals surface area contributed by atoms with E-state index in [1.807, 2.05) is 0 Å². The van der Waals surface area contributed by atoms with Crippen LogP contribution < -0.4 is 0 Å². The van der Waals surface area contributed by atoms with Gasteiger partial charge < -0.3 is 4.79 Å². The Balaban J connectivity index is 2.00. The van der Waals surface area contributed by atoms with E-state index in [0.717, 1.165) is 30.5 Å². The van der Waals surface area contributed by atoms with Crippen LogP contribution in [0.2, 0.25) is 0 Å². The summed E-state index contributed by atoms with van der Waals surface area (Å²) in [7, 11) is 0. The van der Waals surface area contributed by atoms with Crippen molar-refractivity contribution in [3.05, 3.63) is 12.2 Å². The molecule has 0 saturated heterocycles. The zero-order chi connectivity index (χ0) is 11.4. The van der Waals surface area contributed by atoms with Gasteiger partial charge in [-0.1, -0.05) is 38.3 Å². The summed E-state index contributed by atoms with van der Waals surface area (Å²) in [6.07, 6.45) is 14.5. The molecule has 0 bridgehead atoms. The molecule has 16 heavy (non-hydrogen) atoms. The Hall–Kier alpha value is -0.590. The molecule has 0 aliphatic heterocycles. The molecule has 2 aliphatic carbocycles. The first-order valence-corrected chi connectivity index (χ1v) is 6.95. The number of hydrogen-bond donors (Lipinski definition) is 0. The number of aldehydes is 1. The van der Waals surface area contributed by atoms with Crippen molar-refractivity contribution in [3.8, 4) is 0 Å². The summed E-state index contributed by atoms with van der Waals surface area (Å²) in [5.41, 5.74) is 0. The number of allylic oxidation sites excluding steroid dienone is 2. The monoisotopic (exact) mass is 220 g/mol. The molecule has 0 N–H and O–H groups in total. The van der Waals surface area contributed by atoms with Crippen molar-refractivity contribution in [1.29, 1.82) is 0 Å². The number of unbranched alkanes of at least 4 members (excludes halogenated alkanes) is 1. The predicted octanol–water partition coefficient (Wildman–Crippen LogP) is 3.98. The van der Waals surface area contributed by atoms with Crippen LogP contribution in [0.1, 0.15) is 51.9 Å². The highest BCUT2D eigenvalue weighted by Crippen LogP contribution is 2.49. The third kappa shape index (κ3) is 2.39. The first-order chi connectivity index (χ1) is 7.86. The molecule has 0 spiro atoms. The number of fused-ring (bicyclic) bond motifs is 1. The maximum Gasteiger partial charge on any atom is 0.120 e. The molecule has 1 fully saturated rings. The van der Waals surface area contributed by atoms with E-state index in [2.05, 4.69) is 19.1 Å². The summed E-state index contributed by atoms with van der Waals surface area (Å²) in [5, 5.41) is 0. The van der Waals surface area contributed by atoms with E-state index in [1.54, 1.807) is 0 Å². The summed E-state index contributed by atoms with van der Waals surface area (Å²) in [6.45, 7) is 2.26. The average molecular weight is 220 g/mol. The maximum atomic E-state index is 10.8. The van der Waals surface area contributed by atoms with Gasteiger partial charge in [0.25, 0.3) is 0 Å². The van der Waals surface area contributed by atoms with Crippen LogP contribution in [-0.2, 0) is 4.79 Å². The Morgan fingerprint density at radius 3 is 2.88 bits per heavy atom. The van der Waals surface area contributed by atoms with Crippen molar-refractivity contribution >= 4 is 6.29 Å². The molecular weight excluding hydrogens is 196 g/mol. The molecule has 1 heteroatoms. The molecule has 1 saturated carbocycles. The zero-order valence-electron chi connectivity index (χ0n) is 10.4. The third-order valence-electron chi connectivity index (χ3n) is 4.68. The first kappa shape index (κ1) is 11.9. The van der Waals surface area contributed by atoms with Crippen molar-refractivity contribution in [3.63, 3.8) is 0 Å². The van der Waals surface area contributed by atoms with Crippen LogP contribution in [0.25, 0.3) is 0 Å². The van der Waals surface area contributed by atoms with Crippen LogP contribution in [-0.4, -0.2) is 6.29 Å². The van der Waals surface area contributed by atoms with Crippen LogP contribution >= 0.6 is 0 Å². The Labute approximate surface area is 99.3 Å². The van der Waals surface area contributed by atoms with Gasteiger partial charge in [-0.15, -0.1) is 0 Å². The summed E-state index contributed by atoms with van der Waals surface area (Å²) < 4.78 is 0. The fourth-order valence-corrected chi connectivity index (χ4v) is 3.88. The molecule has 4 atom stereocenters. The van der Waals surface area contributed by atoms with Gasteiger partial charge in [0, 0.05) is 6.42 Å². The fraction of sp³-hybridized carbons (Fsp3) is 0.800. The van der Waals surface area contributed by atoms with E-state index >= 15 is 0 Å². The largest absolute Gasteiger partial charge is 0.303 e. The normalized spacial score (nSPS) is 37.3. The third-order valence-corrected chi connectivity index (χ3v) is 4.68. The topological polar surface area (TPSA) is 17.1 Å². The lowest BCUT2D eigenvalue weighted by atomic mass is 9.79. The van der Waals surface area contributed by atoms with Crippen LogP contribution in [0.5, 0.6) is 0 Å². The molecule has 2 rings (SSSR count). The van der Waals surface area contributed by atoms with Gasteiger partial charge in [-0.05, 0) is 42.9 Å². The van der Waals surface area contributed by atoms with E-state index in [-0.39, 0.29) is 0 Å². The molecule has 0 aromatic carbocycles. The molecule has 0 aromatic rings. The summed E-state index contributed by atoms with van der Waals surface area (Å²) in [5.74, 6) is 3.23. The lowest BCUT2D eigenvalue weighted by molar-refractivity contribution is -0.109. The molecule has 1 nitrogen and oxygen atoms in total. The summed E-state index contributed by atoms with van der Waals surface area (Å²) >= 11 is 0. The minimum Gasteiger partial charge on any atom is -0.303 e. The first-order valence-electron chi connectivity index (χ1n) is 6.95. The second kappa shape index (κ2) is 5.65. The Kier molecular flexibility index (Phi) is 4.20. The summed E-state index contributed by atoms with van der Waals surface area (Å²) in [6, 6.07) is 0. The van der Waals surface area contributed by atoms with Crippen LogP contribution in [0.15, 0.2) is 12.2 Å². The van der Waals surface area contributed by atoms with Gasteiger partial charge in [0.2, 0.25) is 0 Å². The number of rotatable bonds is 5. The van der Waals surface area contributed by atoms with Crippen LogP contribution in [0, 0.1) is 23.7 Å². The van der Waals surface area contributed by atoms with Gasteiger partial charge >= 0.3 is 0 Å². The SMILES string of the molecule is CCCC[C@H]1C[C@H]2CC=CC[C@H]2[C@@H]1CC=O. The lowest BCUT2D eigenvalue weighted by Crippen LogP contribution is -2.19. The molecule has 90 valence electrons. The lowest BCUT2D eigenvalue weighted by Gasteiger charge is -2.26. The van der Waals surface area contributed by atoms with Gasteiger partial charge in [-0.25, -0.2) is 0 Å². The smallest absolute Gasteiger partial charge is 0.120 e. The van der Waals surface area contributed by atoms with Gasteiger partial charge in [-0.2, -0.15) is 0 Å². The van der Waals surface area contributed by atoms with Crippen LogP contribution in [0.4, 0.5) is 0 Å². The Morgan fingerprint density at radius 1 is 1.31 bits per heavy atom. The molecule has 2 aliphatic rings. The molecule has 0 amide bonds. The zero-order valence-corrected chi connectivity index (χ0v) is 10.4. The van der Waals surface area contributed by atoms with Crippen molar-refractivity contribution in [2.24, 2.45) is 23.7 Å². The number of carbonyl (C=O) groups is 1. The average Bonchev–Trinajstić information content (AvgIpc) is 2.66. The highest BCUT2D eigenvalue weighted by atomic mass is 16.1. The Morgan fingerprint density at radius 2 is 2.12 bits per heavy atom.